The molecular formula is C56H58N4OPt-2. The quantitative estimate of drug-likeness (QED) is 0.127. The van der Waals surface area contributed by atoms with Crippen LogP contribution in [0.5, 0.6) is 11.5 Å². The molecule has 5 nitrogen and oxygen atoms in total. The number of fused-ring (bicyclic) bond motifs is 6. The standard InChI is InChI=1S/C56H58N4O.Pt/c1-52(2,3)36-25-30-57-48(31-36)60-44-20-13-12-19-40(44)41-24-23-39(33-47(41)60)61-38-18-16-17-37(32-38)58-35-59(46-22-15-14-21-45(46)58)51-49-42(53(4,5)26-28-55(49,8)9)34-43-50(51)56(10,11)29-27-54(43,6)7;/h12-25,30-31,34H,26-29H2,1-11H3;/q-2;. The molecule has 0 fully saturated rings. The zero-order valence-electron chi connectivity index (χ0n) is 38.2. The van der Waals surface area contributed by atoms with Gasteiger partial charge in [-0.1, -0.05) is 130 Å². The fourth-order valence-electron chi connectivity index (χ4n) is 10.4. The summed E-state index contributed by atoms with van der Waals surface area (Å²) in [7, 11) is 0. The van der Waals surface area contributed by atoms with E-state index >= 15 is 0 Å². The largest absolute Gasteiger partial charge is 0.510 e. The first-order valence-electron chi connectivity index (χ1n) is 22.2. The van der Waals surface area contributed by atoms with Crippen molar-refractivity contribution < 1.29 is 30.4 Å². The van der Waals surface area contributed by atoms with Gasteiger partial charge in [0.25, 0.3) is 6.33 Å². The third-order valence-electron chi connectivity index (χ3n) is 14.3. The first-order chi connectivity index (χ1) is 28.8. The Balaban J connectivity index is 0.00000490. The van der Waals surface area contributed by atoms with Crippen LogP contribution in [0.1, 0.15) is 130 Å². The zero-order chi connectivity index (χ0) is 42.9. The molecule has 0 atom stereocenters. The normalized spacial score (nSPS) is 17.4. The maximum atomic E-state index is 6.69. The van der Waals surface area contributed by atoms with Crippen LogP contribution in [0.15, 0.2) is 103 Å². The SMILES string of the molecule is CC(C)(C)c1ccnc(-n2c3[c-]c(Oc4[c-]c(-n5[c-][n+](-c6c7c(cc8c6C(C)(C)CCC8(C)C)C(C)(C)CCC7(C)C)c6ccccc65)ccc4)ccc3c3ccccc32)c1.[Pt]. The molecule has 2 aliphatic carbocycles. The van der Waals surface area contributed by atoms with Gasteiger partial charge in [-0.3, -0.25) is 4.57 Å². The number of benzene rings is 5. The van der Waals surface area contributed by atoms with Crippen LogP contribution in [0.3, 0.4) is 0 Å². The van der Waals surface area contributed by atoms with E-state index in [0.717, 1.165) is 57.2 Å². The molecule has 3 heterocycles. The van der Waals surface area contributed by atoms with E-state index in [1.807, 2.05) is 18.3 Å². The number of imidazole rings is 1. The molecule has 0 bridgehead atoms. The number of para-hydroxylation sites is 3. The van der Waals surface area contributed by atoms with Crippen molar-refractivity contribution in [3.05, 3.63) is 150 Å². The van der Waals surface area contributed by atoms with E-state index in [4.69, 9.17) is 9.72 Å². The summed E-state index contributed by atoms with van der Waals surface area (Å²) in [5, 5.41) is 2.25. The first-order valence-corrected chi connectivity index (χ1v) is 22.2. The molecule has 62 heavy (non-hydrogen) atoms. The summed E-state index contributed by atoms with van der Waals surface area (Å²) in [4.78, 5) is 4.87. The van der Waals surface area contributed by atoms with Gasteiger partial charge in [0.15, 0.2) is 0 Å². The molecule has 6 heteroatoms. The Morgan fingerprint density at radius 3 is 1.92 bits per heavy atom. The van der Waals surface area contributed by atoms with E-state index in [-0.39, 0.29) is 48.1 Å². The maximum Gasteiger partial charge on any atom is 0.268 e. The summed E-state index contributed by atoms with van der Waals surface area (Å²) >= 11 is 0. The molecule has 5 aromatic carbocycles. The topological polar surface area (TPSA) is 35.9 Å². The number of ether oxygens (including phenoxy) is 1. The van der Waals surface area contributed by atoms with Gasteiger partial charge in [0.2, 0.25) is 0 Å². The van der Waals surface area contributed by atoms with Crippen LogP contribution in [0.2, 0.25) is 0 Å². The van der Waals surface area contributed by atoms with Crippen molar-refractivity contribution in [3.63, 3.8) is 0 Å². The van der Waals surface area contributed by atoms with Crippen molar-refractivity contribution >= 4 is 32.8 Å². The number of nitrogens with zero attached hydrogens (tertiary/aromatic N) is 4. The van der Waals surface area contributed by atoms with E-state index in [2.05, 4.69) is 193 Å². The van der Waals surface area contributed by atoms with E-state index in [9.17, 15) is 0 Å². The van der Waals surface area contributed by atoms with Gasteiger partial charge in [-0.25, -0.2) is 4.98 Å². The molecule has 0 aliphatic heterocycles. The summed E-state index contributed by atoms with van der Waals surface area (Å²) in [6.07, 6.45) is 10.5. The molecule has 320 valence electrons. The second kappa shape index (κ2) is 14.5. The van der Waals surface area contributed by atoms with Gasteiger partial charge in [-0.15, -0.1) is 29.7 Å². The molecule has 0 N–H and O–H groups in total. The Morgan fingerprint density at radius 2 is 1.24 bits per heavy atom. The van der Waals surface area contributed by atoms with Gasteiger partial charge in [-0.2, -0.15) is 18.2 Å². The van der Waals surface area contributed by atoms with Crippen LogP contribution >= 0.6 is 0 Å². The molecule has 0 spiro atoms. The molecular weight excluding hydrogens is 940 g/mol. The number of aromatic nitrogens is 4. The molecule has 0 saturated carbocycles. The predicted molar refractivity (Wildman–Crippen MR) is 249 cm³/mol. The second-order valence-electron chi connectivity index (χ2n) is 21.5. The molecule has 2 aliphatic rings. The third kappa shape index (κ3) is 6.76. The van der Waals surface area contributed by atoms with Crippen molar-refractivity contribution in [2.75, 3.05) is 0 Å². The fraction of sp³-hybridized carbons (Fsp3) is 0.357. The minimum Gasteiger partial charge on any atom is -0.510 e. The smallest absolute Gasteiger partial charge is 0.268 e. The Bertz CT molecular complexity index is 3010. The fourth-order valence-corrected chi connectivity index (χ4v) is 10.4. The van der Waals surface area contributed by atoms with E-state index in [1.54, 1.807) is 0 Å². The monoisotopic (exact) mass is 997 g/mol. The summed E-state index contributed by atoms with van der Waals surface area (Å²) in [5.74, 6) is 2.09. The number of hydrogen-bond donors (Lipinski definition) is 0. The summed E-state index contributed by atoms with van der Waals surface area (Å²) in [6, 6.07) is 41.8. The van der Waals surface area contributed by atoms with E-state index < -0.39 is 0 Å². The molecule has 3 aromatic heterocycles. The first kappa shape index (κ1) is 42.3. The molecule has 8 aromatic rings. The van der Waals surface area contributed by atoms with Crippen LogP contribution in [0, 0.1) is 18.5 Å². The van der Waals surface area contributed by atoms with Crippen LogP contribution in [-0.2, 0) is 48.1 Å². The van der Waals surface area contributed by atoms with Crippen molar-refractivity contribution in [1.82, 2.24) is 14.1 Å². The number of rotatable bonds is 5. The van der Waals surface area contributed by atoms with Crippen LogP contribution in [0.25, 0.3) is 50.0 Å². The average molecular weight is 998 g/mol. The van der Waals surface area contributed by atoms with Gasteiger partial charge < -0.3 is 13.9 Å². The average Bonchev–Trinajstić information content (AvgIpc) is 3.77. The van der Waals surface area contributed by atoms with Gasteiger partial charge in [0, 0.05) is 44.3 Å². The van der Waals surface area contributed by atoms with Gasteiger partial charge in [0.05, 0.1) is 16.7 Å². The van der Waals surface area contributed by atoms with Crippen molar-refractivity contribution in [3.8, 4) is 28.7 Å². The van der Waals surface area contributed by atoms with Gasteiger partial charge in [0.1, 0.15) is 5.82 Å². The molecule has 0 unspecified atom stereocenters. The van der Waals surface area contributed by atoms with Crippen molar-refractivity contribution in [1.29, 1.82) is 0 Å². The summed E-state index contributed by atoms with van der Waals surface area (Å²) < 4.78 is 13.5. The van der Waals surface area contributed by atoms with Crippen LogP contribution in [0.4, 0.5) is 0 Å². The number of hydrogen-bond acceptors (Lipinski definition) is 2. The second-order valence-corrected chi connectivity index (χ2v) is 21.5. The van der Waals surface area contributed by atoms with Crippen molar-refractivity contribution in [2.24, 2.45) is 0 Å². The predicted octanol–water partition coefficient (Wildman–Crippen LogP) is 13.6. The molecule has 0 saturated heterocycles. The summed E-state index contributed by atoms with van der Waals surface area (Å²) in [5.41, 5.74) is 13.7. The Labute approximate surface area is 382 Å². The summed E-state index contributed by atoms with van der Waals surface area (Å²) in [6.45, 7) is 26.3. The van der Waals surface area contributed by atoms with E-state index in [1.165, 1.54) is 46.3 Å². The van der Waals surface area contributed by atoms with Gasteiger partial charge >= 0.3 is 0 Å². The number of pyridine rings is 1. The van der Waals surface area contributed by atoms with Crippen molar-refractivity contribution in [2.45, 2.75) is 129 Å². The van der Waals surface area contributed by atoms with Gasteiger partial charge in [-0.05, 0) is 110 Å². The Kier molecular flexibility index (Phi) is 9.92. The minimum atomic E-state index is -0.0159. The molecule has 10 rings (SSSR count). The van der Waals surface area contributed by atoms with Crippen LogP contribution in [-0.4, -0.2) is 14.1 Å². The molecule has 0 radical (unpaired) electrons. The zero-order valence-corrected chi connectivity index (χ0v) is 40.4. The Morgan fingerprint density at radius 1 is 0.629 bits per heavy atom. The third-order valence-corrected chi connectivity index (χ3v) is 14.3. The maximum absolute atomic E-state index is 6.69. The van der Waals surface area contributed by atoms with E-state index in [0.29, 0.717) is 11.5 Å². The minimum absolute atomic E-state index is 0. The van der Waals surface area contributed by atoms with Crippen LogP contribution < -0.4 is 9.30 Å². The molecule has 0 amide bonds. The Hall–Kier alpha value is -4.99.